The van der Waals surface area contributed by atoms with Crippen molar-refractivity contribution in [3.63, 3.8) is 0 Å². The average Bonchev–Trinajstić information content (AvgIpc) is 2.32. The van der Waals surface area contributed by atoms with Crippen molar-refractivity contribution in [3.05, 3.63) is 35.8 Å². The standard InChI is InChI=1S/C10H15NO/c1-8(11-2)10(12)9-6-4-3-5-7-9/h3-8,10-12H,1-2H3/i3D,4D,5D,6D,7D. The van der Waals surface area contributed by atoms with Crippen LogP contribution in [-0.2, 0) is 0 Å². The molecule has 1 aromatic rings. The fraction of sp³-hybridized carbons (Fsp3) is 0.400. The highest BCUT2D eigenvalue weighted by atomic mass is 16.3. The monoisotopic (exact) mass is 170 g/mol. The molecule has 12 heavy (non-hydrogen) atoms. The van der Waals surface area contributed by atoms with Gasteiger partial charge in [-0.15, -0.1) is 0 Å². The lowest BCUT2D eigenvalue weighted by molar-refractivity contribution is 0.140. The van der Waals surface area contributed by atoms with Crippen molar-refractivity contribution >= 4 is 0 Å². The second kappa shape index (κ2) is 4.24. The molecule has 0 aliphatic carbocycles. The maximum absolute atomic E-state index is 9.96. The molecule has 1 rings (SSSR count). The molecule has 0 bridgehead atoms. The first-order valence-corrected chi connectivity index (χ1v) is 3.75. The molecule has 0 radical (unpaired) electrons. The summed E-state index contributed by atoms with van der Waals surface area (Å²) in [4.78, 5) is 0. The first-order chi connectivity index (χ1) is 7.82. The van der Waals surface area contributed by atoms with Crippen LogP contribution >= 0.6 is 0 Å². The lowest BCUT2D eigenvalue weighted by Gasteiger charge is -2.17. The second-order valence-electron chi connectivity index (χ2n) is 2.56. The largest absolute Gasteiger partial charge is 0.387 e. The summed E-state index contributed by atoms with van der Waals surface area (Å²) in [5, 5.41) is 12.7. The fourth-order valence-electron chi connectivity index (χ4n) is 0.815. The zero-order chi connectivity index (χ0) is 13.3. The zero-order valence-electron chi connectivity index (χ0n) is 12.1. The number of nitrogens with one attached hydrogen (secondary N) is 1. The van der Waals surface area contributed by atoms with Crippen molar-refractivity contribution in [1.29, 1.82) is 0 Å². The molecule has 2 atom stereocenters. The highest BCUT2D eigenvalue weighted by Gasteiger charge is 2.12. The van der Waals surface area contributed by atoms with Crippen LogP contribution in [0, 0.1) is 0 Å². The van der Waals surface area contributed by atoms with Crippen molar-refractivity contribution in [2.75, 3.05) is 7.05 Å². The summed E-state index contributed by atoms with van der Waals surface area (Å²) < 4.78 is 37.8. The molecule has 0 aliphatic rings. The van der Waals surface area contributed by atoms with Crippen molar-refractivity contribution in [1.82, 2.24) is 5.32 Å². The number of hydrogen-bond donors (Lipinski definition) is 2. The van der Waals surface area contributed by atoms with Gasteiger partial charge in [0.05, 0.1) is 13.0 Å². The first-order valence-electron chi connectivity index (χ1n) is 6.25. The summed E-state index contributed by atoms with van der Waals surface area (Å²) in [5.41, 5.74) is -0.0714. The summed E-state index contributed by atoms with van der Waals surface area (Å²) in [6.07, 6.45) is -1.14. The zero-order valence-corrected chi connectivity index (χ0v) is 7.10. The van der Waals surface area contributed by atoms with Crippen molar-refractivity contribution in [2.24, 2.45) is 0 Å². The Bertz CT molecular complexity index is 408. The summed E-state index contributed by atoms with van der Waals surface area (Å²) >= 11 is 0. The van der Waals surface area contributed by atoms with Crippen molar-refractivity contribution in [2.45, 2.75) is 19.1 Å². The van der Waals surface area contributed by atoms with Crippen LogP contribution < -0.4 is 5.32 Å². The van der Waals surface area contributed by atoms with Gasteiger partial charge in [-0.05, 0) is 19.5 Å². The SMILES string of the molecule is [2H]c1c([2H])c([2H])c(C(O)C(C)NC)c([2H])c1[2H]. The number of likely N-dealkylation sites (N-methyl/N-ethyl adjacent to an activating group) is 1. The minimum absolute atomic E-state index is 0.0714. The van der Waals surface area contributed by atoms with Gasteiger partial charge in [-0.2, -0.15) is 0 Å². The van der Waals surface area contributed by atoms with Crippen LogP contribution in [0.1, 0.15) is 25.4 Å². The molecule has 1 aromatic carbocycles. The molecule has 0 amide bonds. The maximum atomic E-state index is 9.96. The van der Waals surface area contributed by atoms with E-state index < -0.39 is 30.3 Å². The van der Waals surface area contributed by atoms with E-state index in [0.29, 0.717) is 0 Å². The minimum Gasteiger partial charge on any atom is -0.387 e. The normalized spacial score (nSPS) is 21.4. The van der Waals surface area contributed by atoms with Crippen LogP contribution in [0.5, 0.6) is 0 Å². The first kappa shape index (κ1) is 4.40. The summed E-state index contributed by atoms with van der Waals surface area (Å²) in [7, 11) is 1.63. The Hall–Kier alpha value is -0.860. The van der Waals surface area contributed by atoms with Gasteiger partial charge >= 0.3 is 0 Å². The van der Waals surface area contributed by atoms with Gasteiger partial charge in [0.15, 0.2) is 0 Å². The molecule has 2 N–H and O–H groups in total. The molecule has 2 unspecified atom stereocenters. The Balaban J connectivity index is 3.44. The lowest BCUT2D eigenvalue weighted by Crippen LogP contribution is -2.28. The van der Waals surface area contributed by atoms with E-state index in [9.17, 15) is 5.11 Å². The molecular weight excluding hydrogens is 150 g/mol. The summed E-state index contributed by atoms with van der Waals surface area (Å²) in [6.45, 7) is 1.67. The van der Waals surface area contributed by atoms with Gasteiger partial charge in [0.2, 0.25) is 0 Å². The third-order valence-electron chi connectivity index (χ3n) is 1.74. The molecule has 66 valence electrons. The second-order valence-corrected chi connectivity index (χ2v) is 2.56. The van der Waals surface area contributed by atoms with Gasteiger partial charge in [0, 0.05) is 6.04 Å². The maximum Gasteiger partial charge on any atom is 0.0940 e. The molecule has 0 aromatic heterocycles. The van der Waals surface area contributed by atoms with Gasteiger partial charge in [-0.25, -0.2) is 0 Å². The molecule has 2 nitrogen and oxygen atoms in total. The van der Waals surface area contributed by atoms with E-state index in [0.717, 1.165) is 0 Å². The third-order valence-corrected chi connectivity index (χ3v) is 1.74. The summed E-state index contributed by atoms with van der Waals surface area (Å²) in [5.74, 6) is 0. The van der Waals surface area contributed by atoms with E-state index in [1.165, 1.54) is 0 Å². The van der Waals surface area contributed by atoms with Gasteiger partial charge in [-0.3, -0.25) is 0 Å². The smallest absolute Gasteiger partial charge is 0.0940 e. The van der Waals surface area contributed by atoms with Crippen LogP contribution in [0.3, 0.4) is 0 Å². The average molecular weight is 170 g/mol. The Morgan fingerprint density at radius 1 is 1.42 bits per heavy atom. The summed E-state index contributed by atoms with van der Waals surface area (Å²) in [6, 6.07) is -2.42. The van der Waals surface area contributed by atoms with E-state index in [4.69, 9.17) is 6.85 Å². The van der Waals surface area contributed by atoms with E-state index >= 15 is 0 Å². The van der Waals surface area contributed by atoms with Gasteiger partial charge < -0.3 is 10.4 Å². The predicted molar refractivity (Wildman–Crippen MR) is 49.9 cm³/mol. The minimum atomic E-state index is -1.14. The van der Waals surface area contributed by atoms with Crippen LogP contribution in [0.25, 0.3) is 0 Å². The van der Waals surface area contributed by atoms with E-state index in [-0.39, 0.29) is 17.6 Å². The van der Waals surface area contributed by atoms with E-state index in [1.807, 2.05) is 0 Å². The number of hydrogen-bond acceptors (Lipinski definition) is 2. The highest BCUT2D eigenvalue weighted by Crippen LogP contribution is 2.15. The molecular formula is C10H15NO. The van der Waals surface area contributed by atoms with Crippen molar-refractivity contribution < 1.29 is 12.0 Å². The molecule has 0 spiro atoms. The fourth-order valence-corrected chi connectivity index (χ4v) is 0.815. The van der Waals surface area contributed by atoms with Crippen LogP contribution in [-0.4, -0.2) is 18.2 Å². The number of aliphatic hydroxyl groups excluding tert-OH is 1. The van der Waals surface area contributed by atoms with Gasteiger partial charge in [0.1, 0.15) is 0 Å². The lowest BCUT2D eigenvalue weighted by atomic mass is 10.0. The van der Waals surface area contributed by atoms with Crippen LogP contribution in [0.2, 0.25) is 0 Å². The molecule has 0 saturated heterocycles. The predicted octanol–water partition coefficient (Wildman–Crippen LogP) is 1.33. The van der Waals surface area contributed by atoms with Crippen LogP contribution in [0.4, 0.5) is 0 Å². The Kier molecular flexibility index (Phi) is 1.55. The Morgan fingerprint density at radius 3 is 2.50 bits per heavy atom. The van der Waals surface area contributed by atoms with Gasteiger partial charge in [-0.1, -0.05) is 30.2 Å². The Morgan fingerprint density at radius 2 is 2.00 bits per heavy atom. The quantitative estimate of drug-likeness (QED) is 0.717. The topological polar surface area (TPSA) is 32.3 Å². The van der Waals surface area contributed by atoms with E-state index in [1.54, 1.807) is 14.0 Å². The van der Waals surface area contributed by atoms with Gasteiger partial charge in [0.25, 0.3) is 0 Å². The number of rotatable bonds is 3. The third kappa shape index (κ3) is 2.06. The molecule has 2 heteroatoms. The number of benzene rings is 1. The van der Waals surface area contributed by atoms with E-state index in [2.05, 4.69) is 5.32 Å². The molecule has 0 aliphatic heterocycles. The van der Waals surface area contributed by atoms with Crippen LogP contribution in [0.15, 0.2) is 30.2 Å². The Labute approximate surface area is 80.3 Å². The molecule has 0 saturated carbocycles. The molecule has 0 fully saturated rings. The van der Waals surface area contributed by atoms with Crippen molar-refractivity contribution in [3.8, 4) is 0 Å². The molecule has 0 heterocycles. The number of aliphatic hydroxyl groups is 1. The highest BCUT2D eigenvalue weighted by molar-refractivity contribution is 5.18.